The molecule has 9 heteroatoms. The number of hydrogen-bond donors (Lipinski definition) is 0. The Hall–Kier alpha value is -1.80. The summed E-state index contributed by atoms with van der Waals surface area (Å²) in [7, 11) is 0. The summed E-state index contributed by atoms with van der Waals surface area (Å²) in [5.41, 5.74) is 0. The van der Waals surface area contributed by atoms with Crippen molar-refractivity contribution in [1.82, 2.24) is 0 Å². The van der Waals surface area contributed by atoms with E-state index in [9.17, 15) is 30.3 Å². The van der Waals surface area contributed by atoms with Crippen LogP contribution in [-0.4, -0.2) is 20.6 Å². The van der Waals surface area contributed by atoms with Crippen LogP contribution in [0, 0.1) is 30.3 Å². The highest BCUT2D eigenvalue weighted by atomic mass is 16.7. The van der Waals surface area contributed by atoms with Gasteiger partial charge in [0, 0.05) is 0 Å². The number of rotatable bonds is 6. The molecule has 9 nitrogen and oxygen atoms in total. The Kier molecular flexibility index (Phi) is 3.87. The fraction of sp³-hybridized carbons (Fsp3) is 1.00. The van der Waals surface area contributed by atoms with Gasteiger partial charge in [0.1, 0.15) is 0 Å². The normalized spacial score (nSPS) is 10.9. The standard InChI is InChI=1S/C5H9N3O6/c1-2-3-4-5(6(9)10,7(11)12)8(13)14/h2-4H2,1H3. The van der Waals surface area contributed by atoms with E-state index in [0.29, 0.717) is 6.42 Å². The van der Waals surface area contributed by atoms with Gasteiger partial charge in [-0.3, -0.25) is 30.3 Å². The van der Waals surface area contributed by atoms with E-state index < -0.39 is 27.0 Å². The third-order valence-corrected chi connectivity index (χ3v) is 1.74. The highest BCUT2D eigenvalue weighted by Crippen LogP contribution is 2.19. The van der Waals surface area contributed by atoms with Crippen molar-refractivity contribution in [1.29, 1.82) is 0 Å². The summed E-state index contributed by atoms with van der Waals surface area (Å²) in [5, 5.41) is 31.0. The highest BCUT2D eigenvalue weighted by molar-refractivity contribution is 4.53. The van der Waals surface area contributed by atoms with E-state index in [2.05, 4.69) is 0 Å². The second-order valence-corrected chi connectivity index (χ2v) is 2.65. The van der Waals surface area contributed by atoms with Gasteiger partial charge in [0.05, 0.1) is 0 Å². The zero-order valence-electron chi connectivity index (χ0n) is 7.41. The van der Waals surface area contributed by atoms with Crippen LogP contribution in [0.25, 0.3) is 0 Å². The molecule has 0 saturated carbocycles. The van der Waals surface area contributed by atoms with Crippen molar-refractivity contribution in [2.75, 3.05) is 0 Å². The van der Waals surface area contributed by atoms with E-state index in [-0.39, 0.29) is 6.42 Å². The summed E-state index contributed by atoms with van der Waals surface area (Å²) >= 11 is 0. The maximum atomic E-state index is 10.3. The van der Waals surface area contributed by atoms with Gasteiger partial charge in [0.15, 0.2) is 21.2 Å². The second kappa shape index (κ2) is 4.44. The van der Waals surface area contributed by atoms with E-state index in [0.717, 1.165) is 0 Å². The Morgan fingerprint density at radius 1 is 1.00 bits per heavy atom. The molecule has 0 aromatic heterocycles. The van der Waals surface area contributed by atoms with Crippen molar-refractivity contribution in [3.8, 4) is 0 Å². The Labute approximate surface area is 78.2 Å². The molecule has 0 aromatic rings. The van der Waals surface area contributed by atoms with Crippen LogP contribution in [0.15, 0.2) is 0 Å². The first-order valence-electron chi connectivity index (χ1n) is 3.83. The van der Waals surface area contributed by atoms with E-state index >= 15 is 0 Å². The Balaban J connectivity index is 5.06. The van der Waals surface area contributed by atoms with Gasteiger partial charge in [-0.2, -0.15) is 0 Å². The summed E-state index contributed by atoms with van der Waals surface area (Å²) < 4.78 is 0. The third kappa shape index (κ3) is 1.92. The molecular formula is C5H9N3O6. The minimum atomic E-state index is -3.28. The second-order valence-electron chi connectivity index (χ2n) is 2.65. The van der Waals surface area contributed by atoms with Gasteiger partial charge in [0.2, 0.25) is 0 Å². The summed E-state index contributed by atoms with van der Waals surface area (Å²) in [4.78, 5) is 26.6. The molecular weight excluding hydrogens is 198 g/mol. The summed E-state index contributed by atoms with van der Waals surface area (Å²) in [5.74, 6) is -3.28. The fourth-order valence-corrected chi connectivity index (χ4v) is 0.888. The molecule has 0 N–H and O–H groups in total. The van der Waals surface area contributed by atoms with Crippen molar-refractivity contribution in [2.24, 2.45) is 0 Å². The van der Waals surface area contributed by atoms with Crippen LogP contribution in [-0.2, 0) is 0 Å². The summed E-state index contributed by atoms with van der Waals surface area (Å²) in [6, 6.07) is 0. The lowest BCUT2D eigenvalue weighted by molar-refractivity contribution is -0.970. The average Bonchev–Trinajstić information content (AvgIpc) is 2.03. The molecule has 0 unspecified atom stereocenters. The SMILES string of the molecule is CCCCC([N+](=O)[O-])([N+](=O)[O-])[N+](=O)[O-]. The van der Waals surface area contributed by atoms with Gasteiger partial charge in [0.25, 0.3) is 0 Å². The Morgan fingerprint density at radius 3 is 1.57 bits per heavy atom. The van der Waals surface area contributed by atoms with Crippen LogP contribution in [0.2, 0.25) is 0 Å². The molecule has 0 radical (unpaired) electrons. The summed E-state index contributed by atoms with van der Waals surface area (Å²) in [6.07, 6.45) is -0.225. The van der Waals surface area contributed by atoms with Gasteiger partial charge < -0.3 is 0 Å². The maximum Gasteiger partial charge on any atom is 0.699 e. The molecule has 0 bridgehead atoms. The van der Waals surface area contributed by atoms with E-state index in [4.69, 9.17) is 0 Å². The summed E-state index contributed by atoms with van der Waals surface area (Å²) in [6.45, 7) is 1.63. The van der Waals surface area contributed by atoms with Crippen molar-refractivity contribution in [2.45, 2.75) is 32.0 Å². The van der Waals surface area contributed by atoms with Crippen LogP contribution in [0.1, 0.15) is 26.2 Å². The monoisotopic (exact) mass is 207 g/mol. The van der Waals surface area contributed by atoms with Gasteiger partial charge in [-0.25, -0.2) is 0 Å². The van der Waals surface area contributed by atoms with Crippen LogP contribution in [0.5, 0.6) is 0 Å². The lowest BCUT2D eigenvalue weighted by atomic mass is 10.1. The van der Waals surface area contributed by atoms with Crippen molar-refractivity contribution in [3.63, 3.8) is 0 Å². The van der Waals surface area contributed by atoms with Gasteiger partial charge >= 0.3 is 5.79 Å². The molecule has 14 heavy (non-hydrogen) atoms. The molecule has 0 aromatic carbocycles. The number of nitrogens with zero attached hydrogens (tertiary/aromatic N) is 3. The molecule has 80 valence electrons. The molecule has 0 atom stereocenters. The van der Waals surface area contributed by atoms with E-state index in [1.54, 1.807) is 6.92 Å². The third-order valence-electron chi connectivity index (χ3n) is 1.74. The Bertz CT molecular complexity index is 228. The topological polar surface area (TPSA) is 129 Å². The molecule has 0 amide bonds. The first-order chi connectivity index (χ1) is 6.39. The van der Waals surface area contributed by atoms with Gasteiger partial charge in [-0.05, 0) is 6.42 Å². The van der Waals surface area contributed by atoms with Crippen molar-refractivity contribution in [3.05, 3.63) is 30.3 Å². The smallest absolute Gasteiger partial charge is 0.253 e. The maximum absolute atomic E-state index is 10.3. The first-order valence-corrected chi connectivity index (χ1v) is 3.83. The molecule has 0 aliphatic carbocycles. The molecule has 0 heterocycles. The molecule has 0 aliphatic heterocycles. The minimum Gasteiger partial charge on any atom is -0.253 e. The molecule has 0 spiro atoms. The number of unbranched alkanes of at least 4 members (excludes halogenated alkanes) is 1. The quantitative estimate of drug-likeness (QED) is 0.357. The minimum absolute atomic E-state index is 0.0585. The van der Waals surface area contributed by atoms with Gasteiger partial charge in [-0.1, -0.05) is 13.3 Å². The predicted molar refractivity (Wildman–Crippen MR) is 43.2 cm³/mol. The highest BCUT2D eigenvalue weighted by Gasteiger charge is 2.69. The molecule has 0 fully saturated rings. The number of hydrogen-bond acceptors (Lipinski definition) is 6. The lowest BCUT2D eigenvalue weighted by Gasteiger charge is -2.07. The first kappa shape index (κ1) is 12.2. The van der Waals surface area contributed by atoms with Crippen LogP contribution >= 0.6 is 0 Å². The van der Waals surface area contributed by atoms with Crippen molar-refractivity contribution >= 4 is 0 Å². The van der Waals surface area contributed by atoms with Crippen molar-refractivity contribution < 1.29 is 14.8 Å². The zero-order chi connectivity index (χ0) is 11.4. The zero-order valence-corrected chi connectivity index (χ0v) is 7.41. The predicted octanol–water partition coefficient (Wildman–Crippen LogP) is 0.660. The Morgan fingerprint density at radius 2 is 1.36 bits per heavy atom. The number of nitro groups is 3. The van der Waals surface area contributed by atoms with Crippen LogP contribution < -0.4 is 0 Å². The molecule has 0 saturated heterocycles. The van der Waals surface area contributed by atoms with E-state index in [1.807, 2.05) is 0 Å². The fourth-order valence-electron chi connectivity index (χ4n) is 0.888. The van der Waals surface area contributed by atoms with Crippen LogP contribution in [0.4, 0.5) is 0 Å². The lowest BCUT2D eigenvalue weighted by Crippen LogP contribution is -2.53. The van der Waals surface area contributed by atoms with Crippen LogP contribution in [0.3, 0.4) is 0 Å². The molecule has 0 aliphatic rings. The largest absolute Gasteiger partial charge is 0.699 e. The van der Waals surface area contributed by atoms with E-state index in [1.165, 1.54) is 0 Å². The van der Waals surface area contributed by atoms with Gasteiger partial charge in [-0.15, -0.1) is 0 Å². The molecule has 0 rings (SSSR count). The average molecular weight is 207 g/mol.